The highest BCUT2D eigenvalue weighted by Crippen LogP contribution is 2.35. The van der Waals surface area contributed by atoms with E-state index >= 15 is 0 Å². The average Bonchev–Trinajstić information content (AvgIpc) is 3.15. The summed E-state index contributed by atoms with van der Waals surface area (Å²) >= 11 is 1.28. The van der Waals surface area contributed by atoms with Gasteiger partial charge in [0.05, 0.1) is 30.4 Å². The van der Waals surface area contributed by atoms with Crippen LogP contribution in [-0.4, -0.2) is 71.3 Å². The van der Waals surface area contributed by atoms with Gasteiger partial charge in [-0.2, -0.15) is 0 Å². The van der Waals surface area contributed by atoms with Crippen LogP contribution in [0.5, 0.6) is 11.5 Å². The molecule has 2 aliphatic heterocycles. The Morgan fingerprint density at radius 3 is 2.74 bits per heavy atom. The van der Waals surface area contributed by atoms with Gasteiger partial charge < -0.3 is 19.5 Å². The van der Waals surface area contributed by atoms with E-state index in [4.69, 9.17) is 9.47 Å². The molecule has 178 valence electrons. The van der Waals surface area contributed by atoms with Crippen molar-refractivity contribution in [3.8, 4) is 11.5 Å². The first kappa shape index (κ1) is 23.8. The van der Waals surface area contributed by atoms with Crippen LogP contribution in [0.2, 0.25) is 0 Å². The van der Waals surface area contributed by atoms with Crippen molar-refractivity contribution in [3.05, 3.63) is 58.5 Å². The molecule has 2 heterocycles. The normalized spacial score (nSPS) is 18.7. The molecule has 0 saturated carbocycles. The molecule has 34 heavy (non-hydrogen) atoms. The molecule has 0 bridgehead atoms. The van der Waals surface area contributed by atoms with Crippen LogP contribution >= 0.6 is 11.8 Å². The number of ether oxygens (including phenoxy) is 2. The summed E-state index contributed by atoms with van der Waals surface area (Å²) in [6.07, 6.45) is 1.76. The molecular formula is C25H27N3O5S. The third-order valence-electron chi connectivity index (χ3n) is 5.40. The molecule has 0 spiro atoms. The van der Waals surface area contributed by atoms with Gasteiger partial charge in [0.1, 0.15) is 0 Å². The molecule has 8 nitrogen and oxygen atoms in total. The van der Waals surface area contributed by atoms with Gasteiger partial charge in [-0.15, -0.1) is 0 Å². The van der Waals surface area contributed by atoms with Gasteiger partial charge in [0.15, 0.2) is 16.7 Å². The first-order chi connectivity index (χ1) is 16.5. The number of phenolic OH excluding ortho intramolecular Hbond substituents is 1. The Bertz CT molecular complexity index is 1140. The zero-order chi connectivity index (χ0) is 24.1. The van der Waals surface area contributed by atoms with E-state index in [2.05, 4.69) is 4.99 Å². The number of hydrogen-bond acceptors (Lipinski definition) is 7. The van der Waals surface area contributed by atoms with Crippen molar-refractivity contribution in [2.75, 3.05) is 39.5 Å². The Balaban J connectivity index is 1.58. The number of amides is 2. The van der Waals surface area contributed by atoms with Crippen LogP contribution in [0.3, 0.4) is 0 Å². The lowest BCUT2D eigenvalue weighted by molar-refractivity contribution is -0.122. The van der Waals surface area contributed by atoms with Crippen LogP contribution in [0, 0.1) is 0 Å². The highest BCUT2D eigenvalue weighted by atomic mass is 32.2. The maximum atomic E-state index is 13.0. The van der Waals surface area contributed by atoms with E-state index in [1.165, 1.54) is 11.8 Å². The maximum Gasteiger partial charge on any atom is 0.266 e. The highest BCUT2D eigenvalue weighted by Gasteiger charge is 2.32. The third-order valence-corrected chi connectivity index (χ3v) is 6.41. The van der Waals surface area contributed by atoms with E-state index in [-0.39, 0.29) is 17.6 Å². The summed E-state index contributed by atoms with van der Waals surface area (Å²) in [5.41, 5.74) is 1.91. The zero-order valence-electron chi connectivity index (χ0n) is 19.2. The molecule has 2 saturated heterocycles. The molecule has 0 atom stereocenters. The SMILES string of the molecule is CCOc1cc(/C=C2/SC(=Nc3cccc(C(=O)N4CCOCC4)c3)N(CC)C2=O)ccc1O. The molecule has 2 amide bonds. The second kappa shape index (κ2) is 10.8. The number of carbonyl (C=O) groups is 2. The lowest BCUT2D eigenvalue weighted by Gasteiger charge is -2.26. The van der Waals surface area contributed by atoms with E-state index < -0.39 is 0 Å². The van der Waals surface area contributed by atoms with Crippen LogP contribution in [0.15, 0.2) is 52.4 Å². The van der Waals surface area contributed by atoms with Gasteiger partial charge in [-0.05, 0) is 67.6 Å². The van der Waals surface area contributed by atoms with Gasteiger partial charge in [0.2, 0.25) is 0 Å². The van der Waals surface area contributed by atoms with Gasteiger partial charge in [0.25, 0.3) is 11.8 Å². The van der Waals surface area contributed by atoms with Crippen LogP contribution < -0.4 is 4.74 Å². The molecule has 9 heteroatoms. The molecule has 0 aromatic heterocycles. The fraction of sp³-hybridized carbons (Fsp3) is 0.320. The van der Waals surface area contributed by atoms with Crippen molar-refractivity contribution >= 4 is 40.5 Å². The molecule has 0 radical (unpaired) electrons. The number of aromatic hydroxyl groups is 1. The minimum absolute atomic E-state index is 0.0501. The molecule has 2 aromatic rings. The van der Waals surface area contributed by atoms with Gasteiger partial charge in [-0.1, -0.05) is 12.1 Å². The largest absolute Gasteiger partial charge is 0.504 e. The van der Waals surface area contributed by atoms with E-state index in [1.807, 2.05) is 19.9 Å². The van der Waals surface area contributed by atoms with Gasteiger partial charge >= 0.3 is 0 Å². The minimum Gasteiger partial charge on any atom is -0.504 e. The quantitative estimate of drug-likeness (QED) is 0.630. The number of aliphatic imine (C=N–C) groups is 1. The van der Waals surface area contributed by atoms with Gasteiger partial charge in [0, 0.05) is 25.2 Å². The van der Waals surface area contributed by atoms with Crippen LogP contribution in [-0.2, 0) is 9.53 Å². The summed E-state index contributed by atoms with van der Waals surface area (Å²) in [5.74, 6) is 0.234. The molecular weight excluding hydrogens is 454 g/mol. The second-order valence-electron chi connectivity index (χ2n) is 7.67. The fourth-order valence-corrected chi connectivity index (χ4v) is 4.74. The summed E-state index contributed by atoms with van der Waals surface area (Å²) in [4.78, 5) is 34.4. The van der Waals surface area contributed by atoms with E-state index in [9.17, 15) is 14.7 Å². The molecule has 2 aromatic carbocycles. The van der Waals surface area contributed by atoms with E-state index in [1.54, 1.807) is 52.3 Å². The first-order valence-electron chi connectivity index (χ1n) is 11.2. The van der Waals surface area contributed by atoms with Gasteiger partial charge in [-0.3, -0.25) is 14.5 Å². The number of rotatable bonds is 6. The Morgan fingerprint density at radius 1 is 1.21 bits per heavy atom. The first-order valence-corrected chi connectivity index (χ1v) is 12.0. The predicted octanol–water partition coefficient (Wildman–Crippen LogP) is 3.89. The molecule has 4 rings (SSSR count). The summed E-state index contributed by atoms with van der Waals surface area (Å²) < 4.78 is 10.8. The number of benzene rings is 2. The lowest BCUT2D eigenvalue weighted by Crippen LogP contribution is -2.40. The fourth-order valence-electron chi connectivity index (χ4n) is 3.68. The Morgan fingerprint density at radius 2 is 2.00 bits per heavy atom. The van der Waals surface area contributed by atoms with Crippen LogP contribution in [0.25, 0.3) is 6.08 Å². The third kappa shape index (κ3) is 5.26. The Labute approximate surface area is 202 Å². The van der Waals surface area contributed by atoms with Crippen molar-refractivity contribution < 1.29 is 24.2 Å². The Hall–Kier alpha value is -3.30. The second-order valence-corrected chi connectivity index (χ2v) is 8.68. The van der Waals surface area contributed by atoms with Crippen molar-refractivity contribution in [1.29, 1.82) is 0 Å². The number of carbonyl (C=O) groups excluding carboxylic acids is 2. The summed E-state index contributed by atoms with van der Waals surface area (Å²) in [7, 11) is 0. The topological polar surface area (TPSA) is 91.7 Å². The summed E-state index contributed by atoms with van der Waals surface area (Å²) in [6.45, 7) is 6.85. The molecule has 0 aliphatic carbocycles. The van der Waals surface area contributed by atoms with Crippen molar-refractivity contribution in [2.45, 2.75) is 13.8 Å². The number of phenols is 1. The number of amidine groups is 1. The van der Waals surface area contributed by atoms with Crippen LogP contribution in [0.4, 0.5) is 5.69 Å². The number of nitrogens with zero attached hydrogens (tertiary/aromatic N) is 3. The summed E-state index contributed by atoms with van der Waals surface area (Å²) in [6, 6.07) is 12.1. The highest BCUT2D eigenvalue weighted by molar-refractivity contribution is 8.18. The van der Waals surface area contributed by atoms with E-state index in [0.717, 1.165) is 5.56 Å². The van der Waals surface area contributed by atoms with Crippen molar-refractivity contribution in [2.24, 2.45) is 4.99 Å². The number of hydrogen-bond donors (Lipinski definition) is 1. The average molecular weight is 482 g/mol. The van der Waals surface area contributed by atoms with Crippen molar-refractivity contribution in [3.63, 3.8) is 0 Å². The van der Waals surface area contributed by atoms with Crippen molar-refractivity contribution in [1.82, 2.24) is 9.80 Å². The molecule has 1 N–H and O–H groups in total. The standard InChI is InChI=1S/C25H27N3O5S/c1-3-28-24(31)22(15-17-8-9-20(29)21(14-17)33-4-2)34-25(28)26-19-7-5-6-18(16-19)23(30)27-10-12-32-13-11-27/h5-9,14-16,29H,3-4,10-13H2,1-2H3/b22-15+,26-25?. The lowest BCUT2D eigenvalue weighted by atomic mass is 10.1. The predicted molar refractivity (Wildman–Crippen MR) is 132 cm³/mol. The van der Waals surface area contributed by atoms with Gasteiger partial charge in [-0.25, -0.2) is 4.99 Å². The van der Waals surface area contributed by atoms with E-state index in [0.29, 0.717) is 66.5 Å². The zero-order valence-corrected chi connectivity index (χ0v) is 20.0. The molecule has 0 unspecified atom stereocenters. The monoisotopic (exact) mass is 481 g/mol. The minimum atomic E-state index is -0.141. The Kier molecular flexibility index (Phi) is 7.54. The maximum absolute atomic E-state index is 13.0. The number of morpholine rings is 1. The number of thioether (sulfide) groups is 1. The molecule has 2 fully saturated rings. The number of likely N-dealkylation sites (N-methyl/N-ethyl adjacent to an activating group) is 1. The smallest absolute Gasteiger partial charge is 0.266 e. The summed E-state index contributed by atoms with van der Waals surface area (Å²) in [5, 5.41) is 10.5. The molecule has 2 aliphatic rings. The van der Waals surface area contributed by atoms with Crippen LogP contribution in [0.1, 0.15) is 29.8 Å².